The first-order chi connectivity index (χ1) is 16.0. The van der Waals surface area contributed by atoms with Crippen molar-refractivity contribution in [2.45, 2.75) is 32.5 Å². The van der Waals surface area contributed by atoms with Crippen molar-refractivity contribution >= 4 is 23.0 Å². The van der Waals surface area contributed by atoms with Crippen LogP contribution in [0.4, 0.5) is 10.1 Å². The fourth-order valence-electron chi connectivity index (χ4n) is 4.59. The van der Waals surface area contributed by atoms with E-state index in [1.165, 1.54) is 17.7 Å². The molecule has 1 aromatic carbocycles. The van der Waals surface area contributed by atoms with Crippen molar-refractivity contribution in [3.8, 4) is 0 Å². The highest BCUT2D eigenvalue weighted by molar-refractivity contribution is 7.80. The molecular weight excluding hydrogens is 433 g/mol. The molecule has 5 nitrogen and oxygen atoms in total. The van der Waals surface area contributed by atoms with E-state index in [9.17, 15) is 4.39 Å². The van der Waals surface area contributed by atoms with Crippen molar-refractivity contribution in [2.75, 3.05) is 4.90 Å². The third-order valence-electron chi connectivity index (χ3n) is 6.22. The molecule has 0 amide bonds. The number of hydrogen-bond acceptors (Lipinski definition) is 3. The summed E-state index contributed by atoms with van der Waals surface area (Å²) in [4.78, 5) is 10.8. The van der Waals surface area contributed by atoms with Crippen LogP contribution in [0, 0.1) is 19.7 Å². The number of benzene rings is 1. The Labute approximate surface area is 197 Å². The maximum Gasteiger partial charge on any atom is 0.174 e. The molecular formula is C26H24FN5S. The number of nitrogens with one attached hydrogen (secondary N) is 1. The molecule has 4 heterocycles. The van der Waals surface area contributed by atoms with Crippen LogP contribution in [0.3, 0.4) is 0 Å². The van der Waals surface area contributed by atoms with E-state index in [1.807, 2.05) is 42.7 Å². The van der Waals surface area contributed by atoms with Crippen LogP contribution in [0.15, 0.2) is 79.3 Å². The summed E-state index contributed by atoms with van der Waals surface area (Å²) in [5, 5.41) is 4.07. The highest BCUT2D eigenvalue weighted by atomic mass is 32.1. The standard InChI is InChI=1S/C26H24FN5S/c1-17-15-22(18(2)31(17)16-19-10-13-28-14-11-19)25-24(23-5-3-4-12-29-23)30-26(33)32(25)21-8-6-20(27)7-9-21/h3-15,24-25H,16H2,1-2H3,(H,30,33)/t24-,25+/m0/s1. The van der Waals surface area contributed by atoms with E-state index in [0.29, 0.717) is 5.11 Å². The minimum atomic E-state index is -0.273. The molecule has 1 aliphatic rings. The van der Waals surface area contributed by atoms with Gasteiger partial charge in [-0.2, -0.15) is 0 Å². The zero-order chi connectivity index (χ0) is 22.9. The normalized spacial score (nSPS) is 17.9. The van der Waals surface area contributed by atoms with Gasteiger partial charge in [0.1, 0.15) is 5.82 Å². The Morgan fingerprint density at radius 2 is 1.76 bits per heavy atom. The summed E-state index contributed by atoms with van der Waals surface area (Å²) >= 11 is 5.78. The molecule has 0 radical (unpaired) electrons. The fraction of sp³-hybridized carbons (Fsp3) is 0.192. The van der Waals surface area contributed by atoms with E-state index in [0.717, 1.165) is 34.9 Å². The molecule has 1 aliphatic heterocycles. The Kier molecular flexibility index (Phi) is 5.64. The Morgan fingerprint density at radius 3 is 2.45 bits per heavy atom. The van der Waals surface area contributed by atoms with Gasteiger partial charge in [-0.05, 0) is 91.8 Å². The number of thiocarbonyl (C=S) groups is 1. The number of anilines is 1. The van der Waals surface area contributed by atoms with Crippen LogP contribution < -0.4 is 10.2 Å². The minimum Gasteiger partial charge on any atom is -0.351 e. The SMILES string of the molecule is Cc1cc([C@@H]2[C@H](c3ccccn3)NC(=S)N2c2ccc(F)cc2)c(C)n1Cc1ccncc1. The second-order valence-corrected chi connectivity index (χ2v) is 8.63. The van der Waals surface area contributed by atoms with Gasteiger partial charge >= 0.3 is 0 Å². The lowest BCUT2D eigenvalue weighted by Gasteiger charge is -2.28. The molecule has 0 bridgehead atoms. The van der Waals surface area contributed by atoms with Crippen molar-refractivity contribution in [1.82, 2.24) is 19.9 Å². The summed E-state index contributed by atoms with van der Waals surface area (Å²) in [6.07, 6.45) is 5.43. The molecule has 1 fully saturated rings. The van der Waals surface area contributed by atoms with Gasteiger partial charge in [0.15, 0.2) is 5.11 Å². The Hall–Kier alpha value is -3.58. The topological polar surface area (TPSA) is 46.0 Å². The van der Waals surface area contributed by atoms with Gasteiger partial charge in [-0.1, -0.05) is 6.07 Å². The minimum absolute atomic E-state index is 0.129. The van der Waals surface area contributed by atoms with E-state index in [-0.39, 0.29) is 17.9 Å². The second kappa shape index (κ2) is 8.75. The summed E-state index contributed by atoms with van der Waals surface area (Å²) in [7, 11) is 0. The molecule has 7 heteroatoms. The Morgan fingerprint density at radius 1 is 1.00 bits per heavy atom. The smallest absolute Gasteiger partial charge is 0.174 e. The van der Waals surface area contributed by atoms with Crippen molar-refractivity contribution in [2.24, 2.45) is 0 Å². The number of rotatable bonds is 5. The van der Waals surface area contributed by atoms with Crippen molar-refractivity contribution in [3.05, 3.63) is 113 Å². The van der Waals surface area contributed by atoms with Gasteiger partial charge in [0, 0.05) is 42.2 Å². The molecule has 3 aromatic heterocycles. The van der Waals surface area contributed by atoms with Gasteiger partial charge in [-0.3, -0.25) is 9.97 Å². The number of aryl methyl sites for hydroxylation is 1. The third-order valence-corrected chi connectivity index (χ3v) is 6.54. The predicted octanol–water partition coefficient (Wildman–Crippen LogP) is 5.26. The molecule has 0 spiro atoms. The highest BCUT2D eigenvalue weighted by Crippen LogP contribution is 2.43. The first kappa shape index (κ1) is 21.3. The van der Waals surface area contributed by atoms with Gasteiger partial charge < -0.3 is 14.8 Å². The van der Waals surface area contributed by atoms with Crippen molar-refractivity contribution in [1.29, 1.82) is 0 Å². The zero-order valence-electron chi connectivity index (χ0n) is 18.4. The van der Waals surface area contributed by atoms with Gasteiger partial charge in [-0.25, -0.2) is 4.39 Å². The first-order valence-corrected chi connectivity index (χ1v) is 11.3. The maximum absolute atomic E-state index is 13.7. The third kappa shape index (κ3) is 4.00. The van der Waals surface area contributed by atoms with Crippen molar-refractivity contribution in [3.63, 3.8) is 0 Å². The summed E-state index contributed by atoms with van der Waals surface area (Å²) < 4.78 is 16.0. The number of nitrogens with zero attached hydrogens (tertiary/aromatic N) is 4. The summed E-state index contributed by atoms with van der Waals surface area (Å²) in [6, 6.07) is 18.4. The van der Waals surface area contributed by atoms with E-state index in [2.05, 4.69) is 44.7 Å². The second-order valence-electron chi connectivity index (χ2n) is 8.24. The quantitative estimate of drug-likeness (QED) is 0.414. The van der Waals surface area contributed by atoms with Crippen LogP contribution in [0.2, 0.25) is 0 Å². The largest absolute Gasteiger partial charge is 0.351 e. The van der Waals surface area contributed by atoms with Crippen LogP contribution >= 0.6 is 12.2 Å². The van der Waals surface area contributed by atoms with E-state index >= 15 is 0 Å². The van der Waals surface area contributed by atoms with E-state index in [4.69, 9.17) is 12.2 Å². The Bertz CT molecular complexity index is 1270. The lowest BCUT2D eigenvalue weighted by atomic mass is 9.96. The first-order valence-electron chi connectivity index (χ1n) is 10.8. The number of aromatic nitrogens is 3. The molecule has 0 aliphatic carbocycles. The average molecular weight is 458 g/mol. The molecule has 1 N–H and O–H groups in total. The van der Waals surface area contributed by atoms with Crippen molar-refractivity contribution < 1.29 is 4.39 Å². The molecule has 166 valence electrons. The maximum atomic E-state index is 13.7. The summed E-state index contributed by atoms with van der Waals surface area (Å²) in [6.45, 7) is 5.02. The van der Waals surface area contributed by atoms with Crippen LogP contribution in [-0.4, -0.2) is 19.6 Å². The number of halogens is 1. The van der Waals surface area contributed by atoms with Crippen LogP contribution in [0.25, 0.3) is 0 Å². The molecule has 0 unspecified atom stereocenters. The van der Waals surface area contributed by atoms with E-state index < -0.39 is 0 Å². The molecule has 5 rings (SSSR count). The zero-order valence-corrected chi connectivity index (χ0v) is 19.3. The Balaban J connectivity index is 1.62. The van der Waals surface area contributed by atoms with E-state index in [1.54, 1.807) is 18.3 Å². The van der Waals surface area contributed by atoms with Gasteiger partial charge in [0.2, 0.25) is 0 Å². The predicted molar refractivity (Wildman–Crippen MR) is 132 cm³/mol. The summed E-state index contributed by atoms with van der Waals surface area (Å²) in [5.41, 5.74) is 6.43. The van der Waals surface area contributed by atoms with Gasteiger partial charge in [-0.15, -0.1) is 0 Å². The van der Waals surface area contributed by atoms with Gasteiger partial charge in [0.25, 0.3) is 0 Å². The lowest BCUT2D eigenvalue weighted by molar-refractivity contribution is 0.563. The highest BCUT2D eigenvalue weighted by Gasteiger charge is 2.42. The van der Waals surface area contributed by atoms with Crippen LogP contribution in [-0.2, 0) is 6.54 Å². The van der Waals surface area contributed by atoms with Gasteiger partial charge in [0.05, 0.1) is 17.8 Å². The van der Waals surface area contributed by atoms with Crippen LogP contribution in [0.5, 0.6) is 0 Å². The number of pyridine rings is 2. The number of hydrogen-bond donors (Lipinski definition) is 1. The fourth-order valence-corrected chi connectivity index (χ4v) is 4.94. The molecule has 2 atom stereocenters. The molecule has 0 saturated carbocycles. The average Bonchev–Trinajstić information content (AvgIpc) is 3.32. The molecule has 4 aromatic rings. The van der Waals surface area contributed by atoms with Crippen LogP contribution in [0.1, 0.15) is 40.3 Å². The molecule has 1 saturated heterocycles. The summed E-state index contributed by atoms with van der Waals surface area (Å²) in [5.74, 6) is -0.273. The monoisotopic (exact) mass is 457 g/mol. The lowest BCUT2D eigenvalue weighted by Crippen LogP contribution is -2.29. The molecule has 33 heavy (non-hydrogen) atoms.